The van der Waals surface area contributed by atoms with Crippen molar-refractivity contribution in [1.82, 2.24) is 0 Å². The summed E-state index contributed by atoms with van der Waals surface area (Å²) in [4.78, 5) is 1.38. The molecule has 0 amide bonds. The Bertz CT molecular complexity index is 405. The lowest BCUT2D eigenvalue weighted by Crippen LogP contribution is -3.09. The van der Waals surface area contributed by atoms with Crippen LogP contribution in [0, 0.1) is 0 Å². The fourth-order valence-electron chi connectivity index (χ4n) is 2.17. The van der Waals surface area contributed by atoms with Gasteiger partial charge < -0.3 is 22.4 Å². The lowest BCUT2D eigenvalue weighted by Gasteiger charge is -2.18. The highest BCUT2D eigenvalue weighted by Crippen LogP contribution is 1.98. The van der Waals surface area contributed by atoms with Crippen molar-refractivity contribution in [3.8, 4) is 0 Å². The van der Waals surface area contributed by atoms with E-state index >= 15 is 0 Å². The molecule has 0 radical (unpaired) electrons. The molecule has 0 saturated heterocycles. The van der Waals surface area contributed by atoms with Crippen LogP contribution in [0.2, 0.25) is 0 Å². The largest absolute Gasteiger partial charge is 1.00 e. The molecule has 0 unspecified atom stereocenters. The van der Waals surface area contributed by atoms with Crippen LogP contribution < -0.4 is 17.3 Å². The van der Waals surface area contributed by atoms with E-state index < -0.39 is 0 Å². The van der Waals surface area contributed by atoms with Crippen LogP contribution in [0.5, 0.6) is 0 Å². The second kappa shape index (κ2) is 8.70. The second-order valence-corrected chi connectivity index (χ2v) is 4.55. The van der Waals surface area contributed by atoms with Crippen molar-refractivity contribution >= 4 is 0 Å². The Labute approximate surface area is 121 Å². The van der Waals surface area contributed by atoms with Gasteiger partial charge in [-0.2, -0.15) is 0 Å². The summed E-state index contributed by atoms with van der Waals surface area (Å²) in [6.45, 7) is 2.92. The highest BCUT2D eigenvalue weighted by atomic mass is 35.5. The minimum Gasteiger partial charge on any atom is -1.00 e. The van der Waals surface area contributed by atoms with E-state index in [0.29, 0.717) is 0 Å². The first kappa shape index (κ1) is 15.7. The molecule has 2 aromatic rings. The molecule has 0 aliphatic rings. The minimum atomic E-state index is 0. The Morgan fingerprint density at radius 3 is 1.53 bits per heavy atom. The van der Waals surface area contributed by atoms with Crippen LogP contribution in [0.3, 0.4) is 0 Å². The van der Waals surface area contributed by atoms with E-state index in [0.717, 1.165) is 19.6 Å². The van der Waals surface area contributed by atoms with E-state index in [2.05, 4.69) is 48.5 Å². The van der Waals surface area contributed by atoms with Crippen LogP contribution in [-0.2, 0) is 13.1 Å². The fourth-order valence-corrected chi connectivity index (χ4v) is 2.17. The number of benzene rings is 2. The van der Waals surface area contributed by atoms with E-state index in [1.807, 2.05) is 12.1 Å². The van der Waals surface area contributed by atoms with Crippen LogP contribution in [0.4, 0.5) is 0 Å². The van der Waals surface area contributed by atoms with Crippen molar-refractivity contribution in [3.63, 3.8) is 0 Å². The number of halogens is 1. The number of rotatable bonds is 6. The molecule has 19 heavy (non-hydrogen) atoms. The van der Waals surface area contributed by atoms with Crippen molar-refractivity contribution in [2.75, 3.05) is 13.2 Å². The third kappa shape index (κ3) is 5.43. The molecular formula is C16H20ClNO. The first-order valence-electron chi connectivity index (χ1n) is 6.41. The SMILES string of the molecule is OCC[NH+](Cc1ccccc1)Cc1ccccc1.[Cl-]. The van der Waals surface area contributed by atoms with E-state index in [1.165, 1.54) is 16.0 Å². The highest BCUT2D eigenvalue weighted by molar-refractivity contribution is 5.14. The number of nitrogens with one attached hydrogen (secondary N) is 1. The van der Waals surface area contributed by atoms with E-state index in [-0.39, 0.29) is 19.0 Å². The van der Waals surface area contributed by atoms with Crippen LogP contribution in [0.25, 0.3) is 0 Å². The van der Waals surface area contributed by atoms with Gasteiger partial charge in [-0.1, -0.05) is 60.7 Å². The van der Waals surface area contributed by atoms with Gasteiger partial charge in [-0.05, 0) is 0 Å². The zero-order valence-electron chi connectivity index (χ0n) is 10.9. The maximum atomic E-state index is 9.17. The average Bonchev–Trinajstić information content (AvgIpc) is 2.41. The Balaban J connectivity index is 0.00000180. The predicted octanol–water partition coefficient (Wildman–Crippen LogP) is -1.73. The quantitative estimate of drug-likeness (QED) is 0.644. The van der Waals surface area contributed by atoms with Gasteiger partial charge in [-0.3, -0.25) is 0 Å². The fraction of sp³-hybridized carbons (Fsp3) is 0.250. The Morgan fingerprint density at radius 1 is 0.737 bits per heavy atom. The summed E-state index contributed by atoms with van der Waals surface area (Å²) < 4.78 is 0. The number of quaternary nitrogens is 1. The number of aliphatic hydroxyl groups excluding tert-OH is 1. The van der Waals surface area contributed by atoms with Gasteiger partial charge in [-0.15, -0.1) is 0 Å². The van der Waals surface area contributed by atoms with Crippen molar-refractivity contribution in [2.24, 2.45) is 0 Å². The summed E-state index contributed by atoms with van der Waals surface area (Å²) >= 11 is 0. The summed E-state index contributed by atoms with van der Waals surface area (Å²) in [6, 6.07) is 20.9. The van der Waals surface area contributed by atoms with Gasteiger partial charge in [-0.25, -0.2) is 0 Å². The van der Waals surface area contributed by atoms with Crippen LogP contribution in [0.15, 0.2) is 60.7 Å². The Hall–Kier alpha value is -1.35. The molecule has 0 spiro atoms. The van der Waals surface area contributed by atoms with Gasteiger partial charge in [0.05, 0.1) is 6.61 Å². The molecule has 0 aliphatic heterocycles. The highest BCUT2D eigenvalue weighted by Gasteiger charge is 2.09. The third-order valence-corrected chi connectivity index (χ3v) is 3.06. The van der Waals surface area contributed by atoms with Crippen molar-refractivity contribution in [3.05, 3.63) is 71.8 Å². The smallest absolute Gasteiger partial charge is 0.103 e. The molecule has 0 aliphatic carbocycles. The standard InChI is InChI=1S/C16H19NO.ClH/c18-12-11-17(13-15-7-3-1-4-8-15)14-16-9-5-2-6-10-16;/h1-10,18H,11-14H2;1H. The van der Waals surface area contributed by atoms with Gasteiger partial charge in [0.2, 0.25) is 0 Å². The lowest BCUT2D eigenvalue weighted by atomic mass is 10.1. The number of aliphatic hydroxyl groups is 1. The van der Waals surface area contributed by atoms with Crippen molar-refractivity contribution in [1.29, 1.82) is 0 Å². The molecule has 0 aromatic heterocycles. The summed E-state index contributed by atoms with van der Waals surface area (Å²) in [5.41, 5.74) is 2.63. The molecule has 2 rings (SSSR count). The van der Waals surface area contributed by atoms with E-state index in [9.17, 15) is 5.11 Å². The predicted molar refractivity (Wildman–Crippen MR) is 73.2 cm³/mol. The normalized spacial score (nSPS) is 10.2. The topological polar surface area (TPSA) is 24.7 Å². The monoisotopic (exact) mass is 277 g/mol. The molecule has 2 nitrogen and oxygen atoms in total. The van der Waals surface area contributed by atoms with E-state index in [4.69, 9.17) is 0 Å². The maximum Gasteiger partial charge on any atom is 0.103 e. The Morgan fingerprint density at radius 2 is 1.16 bits per heavy atom. The molecule has 2 aromatic carbocycles. The molecule has 0 bridgehead atoms. The maximum absolute atomic E-state index is 9.17. The first-order valence-corrected chi connectivity index (χ1v) is 6.41. The molecule has 0 saturated carbocycles. The minimum absolute atomic E-state index is 0. The van der Waals surface area contributed by atoms with E-state index in [1.54, 1.807) is 0 Å². The summed E-state index contributed by atoms with van der Waals surface area (Å²) in [6.07, 6.45) is 0. The van der Waals surface area contributed by atoms with Crippen LogP contribution in [0.1, 0.15) is 11.1 Å². The molecular weight excluding hydrogens is 258 g/mol. The molecule has 0 fully saturated rings. The second-order valence-electron chi connectivity index (χ2n) is 4.55. The zero-order valence-corrected chi connectivity index (χ0v) is 11.7. The molecule has 3 heteroatoms. The van der Waals surface area contributed by atoms with Crippen molar-refractivity contribution in [2.45, 2.75) is 13.1 Å². The van der Waals surface area contributed by atoms with Crippen molar-refractivity contribution < 1.29 is 22.4 Å². The van der Waals surface area contributed by atoms with Gasteiger partial charge in [0.25, 0.3) is 0 Å². The summed E-state index contributed by atoms with van der Waals surface area (Å²) in [5, 5.41) is 9.17. The number of hydrogen-bond acceptors (Lipinski definition) is 1. The van der Waals surface area contributed by atoms with Gasteiger partial charge >= 0.3 is 0 Å². The van der Waals surface area contributed by atoms with Crippen LogP contribution >= 0.6 is 0 Å². The third-order valence-electron chi connectivity index (χ3n) is 3.06. The van der Waals surface area contributed by atoms with Crippen LogP contribution in [-0.4, -0.2) is 18.3 Å². The average molecular weight is 278 g/mol. The lowest BCUT2D eigenvalue weighted by molar-refractivity contribution is -0.927. The number of hydrogen-bond donors (Lipinski definition) is 2. The zero-order chi connectivity index (χ0) is 12.6. The summed E-state index contributed by atoms with van der Waals surface area (Å²) in [5.74, 6) is 0. The first-order chi connectivity index (χ1) is 8.88. The summed E-state index contributed by atoms with van der Waals surface area (Å²) in [7, 11) is 0. The molecule has 0 heterocycles. The van der Waals surface area contributed by atoms with Gasteiger partial charge in [0, 0.05) is 11.1 Å². The van der Waals surface area contributed by atoms with Gasteiger partial charge in [0.15, 0.2) is 0 Å². The Kier molecular flexibility index (Phi) is 7.19. The molecule has 102 valence electrons. The molecule has 0 atom stereocenters. The van der Waals surface area contributed by atoms with Gasteiger partial charge in [0.1, 0.15) is 19.6 Å². The molecule has 2 N–H and O–H groups in total.